The minimum atomic E-state index is -5.88. The van der Waals surface area contributed by atoms with Crippen molar-refractivity contribution in [3.8, 4) is 0 Å². The molecule has 23 heteroatoms. The Morgan fingerprint density at radius 3 is 2.44 bits per heavy atom. The van der Waals surface area contributed by atoms with E-state index >= 15 is 0 Å². The van der Waals surface area contributed by atoms with Gasteiger partial charge in [-0.3, -0.25) is 18.9 Å². The van der Waals surface area contributed by atoms with Crippen molar-refractivity contribution in [1.82, 2.24) is 14.5 Å². The summed E-state index contributed by atoms with van der Waals surface area (Å²) in [6, 6.07) is 0. The molecule has 0 saturated carbocycles. The number of alkyl halides is 1. The second-order valence-electron chi connectivity index (χ2n) is 7.46. The standard InChI is InChI=1S/C13H19F2N4O14P3/c1-4(31-35(26,27)33-36(28,29)32-34(23,24)25)7-8(20)13(22,3-14)11(30-7)19-2-5(15)6-9(19)17-12(16)18-10(6)21/h2,4,7-8,11,20,22H,3H2,1H3,(H,26,27)(H,28,29)(H2,23,24,25)(H3,16,17,18,21)/t4-,7-,8?,11-,13-/m1/s1. The van der Waals surface area contributed by atoms with E-state index < -0.39 is 88.6 Å². The molecular formula is C13H19F2N4O14P3. The van der Waals surface area contributed by atoms with Crippen LogP contribution in [0.15, 0.2) is 11.0 Å². The van der Waals surface area contributed by atoms with Gasteiger partial charge in [0.2, 0.25) is 5.95 Å². The van der Waals surface area contributed by atoms with Crippen molar-refractivity contribution >= 4 is 40.4 Å². The highest BCUT2D eigenvalue weighted by Gasteiger charge is 2.59. The molecule has 0 aliphatic carbocycles. The van der Waals surface area contributed by atoms with Gasteiger partial charge in [-0.15, -0.1) is 0 Å². The van der Waals surface area contributed by atoms with Gasteiger partial charge in [0, 0.05) is 6.20 Å². The molecule has 204 valence electrons. The molecule has 18 nitrogen and oxygen atoms in total. The summed E-state index contributed by atoms with van der Waals surface area (Å²) < 4.78 is 80.3. The van der Waals surface area contributed by atoms with Crippen molar-refractivity contribution in [3.05, 3.63) is 22.4 Å². The number of phosphoric ester groups is 1. The Kier molecular flexibility index (Phi) is 7.71. The van der Waals surface area contributed by atoms with Crippen molar-refractivity contribution in [2.45, 2.75) is 37.1 Å². The third-order valence-corrected chi connectivity index (χ3v) is 8.76. The first kappa shape index (κ1) is 28.9. The van der Waals surface area contributed by atoms with Gasteiger partial charge in [0.15, 0.2) is 23.3 Å². The van der Waals surface area contributed by atoms with Crippen LogP contribution in [-0.2, 0) is 31.6 Å². The number of aromatic nitrogens is 3. The van der Waals surface area contributed by atoms with Gasteiger partial charge in [-0.05, 0) is 6.92 Å². The lowest BCUT2D eigenvalue weighted by molar-refractivity contribution is -0.119. The maximum absolute atomic E-state index is 14.4. The van der Waals surface area contributed by atoms with E-state index in [9.17, 15) is 47.3 Å². The number of aliphatic hydroxyl groups excluding tert-OH is 1. The number of hydrogen-bond donors (Lipinski definition) is 8. The molecule has 9 N–H and O–H groups in total. The topological polar surface area (TPSA) is 286 Å². The summed E-state index contributed by atoms with van der Waals surface area (Å²) >= 11 is 0. The van der Waals surface area contributed by atoms with Crippen LogP contribution in [0.1, 0.15) is 13.2 Å². The molecule has 0 aromatic carbocycles. The van der Waals surface area contributed by atoms with Crippen LogP contribution < -0.4 is 11.3 Å². The predicted molar refractivity (Wildman–Crippen MR) is 110 cm³/mol. The van der Waals surface area contributed by atoms with E-state index in [1.807, 2.05) is 4.98 Å². The molecule has 3 rings (SSSR count). The molecule has 0 bridgehead atoms. The van der Waals surface area contributed by atoms with E-state index in [0.29, 0.717) is 10.8 Å². The quantitative estimate of drug-likeness (QED) is 0.166. The Labute approximate surface area is 197 Å². The van der Waals surface area contributed by atoms with Crippen LogP contribution in [-0.4, -0.2) is 74.9 Å². The van der Waals surface area contributed by atoms with Crippen LogP contribution in [0.2, 0.25) is 0 Å². The fraction of sp³-hybridized carbons (Fsp3) is 0.538. The summed E-state index contributed by atoms with van der Waals surface area (Å²) in [5.41, 5.74) is 0.983. The molecule has 3 heterocycles. The van der Waals surface area contributed by atoms with Crippen LogP contribution >= 0.6 is 23.5 Å². The monoisotopic (exact) mass is 586 g/mol. The number of H-pyrrole nitrogens is 1. The lowest BCUT2D eigenvalue weighted by Crippen LogP contribution is -2.50. The lowest BCUT2D eigenvalue weighted by atomic mass is 9.93. The second-order valence-corrected chi connectivity index (χ2v) is 11.8. The number of nitrogens with two attached hydrogens (primary N) is 1. The minimum absolute atomic E-state index is 0.494. The van der Waals surface area contributed by atoms with Crippen LogP contribution in [0.25, 0.3) is 11.0 Å². The Morgan fingerprint density at radius 1 is 1.28 bits per heavy atom. The number of phosphoric acid groups is 3. The maximum Gasteiger partial charge on any atom is 0.490 e. The van der Waals surface area contributed by atoms with Gasteiger partial charge in [0.1, 0.15) is 24.3 Å². The smallest absolute Gasteiger partial charge is 0.387 e. The third kappa shape index (κ3) is 5.76. The summed E-state index contributed by atoms with van der Waals surface area (Å²) in [6.07, 6.45) is -7.55. The largest absolute Gasteiger partial charge is 0.490 e. The van der Waals surface area contributed by atoms with Gasteiger partial charge in [0.05, 0.1) is 6.10 Å². The molecule has 3 unspecified atom stereocenters. The summed E-state index contributed by atoms with van der Waals surface area (Å²) in [6.45, 7) is -0.861. The molecule has 36 heavy (non-hydrogen) atoms. The fourth-order valence-electron chi connectivity index (χ4n) is 3.47. The number of nitrogens with zero attached hydrogens (tertiary/aromatic N) is 2. The predicted octanol–water partition coefficient (Wildman–Crippen LogP) is -0.863. The number of aliphatic hydroxyl groups is 2. The highest BCUT2D eigenvalue weighted by atomic mass is 31.3. The van der Waals surface area contributed by atoms with Gasteiger partial charge < -0.3 is 40.3 Å². The number of anilines is 1. The number of halogens is 2. The molecule has 7 atom stereocenters. The van der Waals surface area contributed by atoms with Crippen LogP contribution in [0.5, 0.6) is 0 Å². The number of rotatable bonds is 9. The van der Waals surface area contributed by atoms with E-state index in [0.717, 1.165) is 6.92 Å². The first-order chi connectivity index (χ1) is 16.3. The first-order valence-electron chi connectivity index (χ1n) is 9.30. The number of nitrogens with one attached hydrogen (secondary N) is 1. The number of hydrogen-bond acceptors (Lipinski definition) is 12. The molecule has 1 saturated heterocycles. The summed E-state index contributed by atoms with van der Waals surface area (Å²) in [5.74, 6) is -1.69. The van der Waals surface area contributed by atoms with E-state index in [-0.39, 0.29) is 0 Å². The Hall–Kier alpha value is -1.63. The van der Waals surface area contributed by atoms with Gasteiger partial charge in [0.25, 0.3) is 5.56 Å². The first-order valence-corrected chi connectivity index (χ1v) is 13.8. The summed E-state index contributed by atoms with van der Waals surface area (Å²) in [5, 5.41) is 20.6. The molecule has 1 aliphatic heterocycles. The van der Waals surface area contributed by atoms with Crippen LogP contribution in [0.4, 0.5) is 14.7 Å². The van der Waals surface area contributed by atoms with Gasteiger partial charge in [-0.2, -0.15) is 13.6 Å². The Morgan fingerprint density at radius 2 is 1.89 bits per heavy atom. The lowest BCUT2D eigenvalue weighted by Gasteiger charge is -2.29. The number of ether oxygens (including phenoxy) is 1. The van der Waals surface area contributed by atoms with Crippen LogP contribution in [0.3, 0.4) is 0 Å². The van der Waals surface area contributed by atoms with Gasteiger partial charge >= 0.3 is 23.5 Å². The fourth-order valence-corrected chi connectivity index (χ4v) is 6.67. The zero-order chi connectivity index (χ0) is 27.4. The average molecular weight is 586 g/mol. The van der Waals surface area contributed by atoms with Gasteiger partial charge in [-0.25, -0.2) is 22.5 Å². The van der Waals surface area contributed by atoms with Crippen molar-refractivity contribution in [1.29, 1.82) is 0 Å². The molecule has 1 fully saturated rings. The number of nitrogen functional groups attached to an aromatic ring is 1. The Bertz CT molecular complexity index is 1360. The average Bonchev–Trinajstić information content (AvgIpc) is 3.13. The maximum atomic E-state index is 14.4. The van der Waals surface area contributed by atoms with E-state index in [1.54, 1.807) is 0 Å². The molecule has 0 amide bonds. The molecule has 2 aromatic heterocycles. The zero-order valence-corrected chi connectivity index (χ0v) is 20.3. The highest BCUT2D eigenvalue weighted by Crippen LogP contribution is 2.66. The molecule has 1 aliphatic rings. The normalized spacial score (nSPS) is 29.2. The van der Waals surface area contributed by atoms with E-state index in [2.05, 4.69) is 18.1 Å². The Balaban J connectivity index is 1.92. The van der Waals surface area contributed by atoms with Crippen molar-refractivity contribution < 1.29 is 70.1 Å². The highest BCUT2D eigenvalue weighted by molar-refractivity contribution is 7.66. The second kappa shape index (κ2) is 9.59. The van der Waals surface area contributed by atoms with Crippen molar-refractivity contribution in [2.24, 2.45) is 0 Å². The number of aromatic amines is 1. The summed E-state index contributed by atoms with van der Waals surface area (Å²) in [4.78, 5) is 53.8. The van der Waals surface area contributed by atoms with E-state index in [1.165, 1.54) is 0 Å². The van der Waals surface area contributed by atoms with Crippen molar-refractivity contribution in [3.63, 3.8) is 0 Å². The molecule has 0 radical (unpaired) electrons. The third-order valence-electron chi connectivity index (χ3n) is 4.84. The number of fused-ring (bicyclic) bond motifs is 1. The molecule has 0 spiro atoms. The van der Waals surface area contributed by atoms with Crippen molar-refractivity contribution in [2.75, 3.05) is 12.4 Å². The molecule has 2 aromatic rings. The summed E-state index contributed by atoms with van der Waals surface area (Å²) in [7, 11) is -17.3. The zero-order valence-electron chi connectivity index (χ0n) is 17.6. The van der Waals surface area contributed by atoms with E-state index in [4.69, 9.17) is 20.3 Å². The molecular weight excluding hydrogens is 567 g/mol. The van der Waals surface area contributed by atoms with Crippen LogP contribution in [0, 0.1) is 5.82 Å². The minimum Gasteiger partial charge on any atom is -0.387 e. The van der Waals surface area contributed by atoms with Gasteiger partial charge in [-0.1, -0.05) is 0 Å². The SMILES string of the molecule is C[C@@H](OP(=O)(O)OP(=O)(O)OP(=O)(O)O)[C@H]1O[C@@H](n2cc(F)c3c(=O)[nH]c(N)nc32)[C@@](O)(CF)C1O.